The van der Waals surface area contributed by atoms with Crippen LogP contribution in [0.1, 0.15) is 69.9 Å². The van der Waals surface area contributed by atoms with Gasteiger partial charge in [0.25, 0.3) is 0 Å². The number of rotatable bonds is 4. The predicted molar refractivity (Wildman–Crippen MR) is 120 cm³/mol. The van der Waals surface area contributed by atoms with Crippen molar-refractivity contribution in [2.45, 2.75) is 88.8 Å². The maximum atomic E-state index is 13.8. The average Bonchev–Trinajstić information content (AvgIpc) is 3.16. The zero-order valence-electron chi connectivity index (χ0n) is 20.1. The summed E-state index contributed by atoms with van der Waals surface area (Å²) in [6, 6.07) is 5.90. The Morgan fingerprint density at radius 1 is 1.11 bits per heavy atom. The second-order valence-electron chi connectivity index (χ2n) is 10.3. The molecule has 2 unspecified atom stereocenters. The molecule has 1 saturated heterocycles. The fraction of sp³-hybridized carbons (Fsp3) is 0.640. The number of hydrogen-bond acceptors (Lipinski definition) is 4. The first-order chi connectivity index (χ1) is 16.3. The quantitative estimate of drug-likeness (QED) is 0.520. The van der Waals surface area contributed by atoms with Crippen molar-refractivity contribution in [3.05, 3.63) is 35.4 Å². The molecule has 35 heavy (non-hydrogen) atoms. The van der Waals surface area contributed by atoms with Crippen LogP contribution in [0, 0.1) is 11.3 Å². The molecule has 0 spiro atoms. The van der Waals surface area contributed by atoms with Gasteiger partial charge in [-0.15, -0.1) is 0 Å². The smallest absolute Gasteiger partial charge is 0.416 e. The SMILES string of the molecule is CC(C)(C)OC(=O)N(CC(=O)N1CC(F)CC1C#N)C1CCC(c2ccc(C(F)(F)F)cc2)CC1. The second kappa shape index (κ2) is 10.4. The minimum Gasteiger partial charge on any atom is -0.444 e. The largest absolute Gasteiger partial charge is 0.444 e. The highest BCUT2D eigenvalue weighted by atomic mass is 19.4. The van der Waals surface area contributed by atoms with Crippen LogP contribution in [0.3, 0.4) is 0 Å². The van der Waals surface area contributed by atoms with Gasteiger partial charge in [-0.1, -0.05) is 12.1 Å². The number of benzene rings is 1. The normalized spacial score (nSPS) is 25.1. The highest BCUT2D eigenvalue weighted by Crippen LogP contribution is 2.37. The molecule has 2 fully saturated rings. The van der Waals surface area contributed by atoms with Crippen LogP contribution in [0.25, 0.3) is 0 Å². The van der Waals surface area contributed by atoms with Gasteiger partial charge in [0.2, 0.25) is 5.91 Å². The summed E-state index contributed by atoms with van der Waals surface area (Å²) in [7, 11) is 0. The lowest BCUT2D eigenvalue weighted by molar-refractivity contribution is -0.137. The summed E-state index contributed by atoms with van der Waals surface area (Å²) in [5.74, 6) is -0.467. The number of nitriles is 1. The Morgan fingerprint density at radius 2 is 1.71 bits per heavy atom. The van der Waals surface area contributed by atoms with Gasteiger partial charge in [0.15, 0.2) is 0 Å². The molecule has 1 aromatic rings. The fourth-order valence-electron chi connectivity index (χ4n) is 4.75. The lowest BCUT2D eigenvalue weighted by Crippen LogP contribution is -2.50. The molecule has 1 aromatic carbocycles. The number of likely N-dealkylation sites (tertiary alicyclic amines) is 1. The zero-order valence-corrected chi connectivity index (χ0v) is 20.1. The Kier molecular flexibility index (Phi) is 7.97. The zero-order chi connectivity index (χ0) is 26.0. The van der Waals surface area contributed by atoms with Crippen molar-refractivity contribution in [1.82, 2.24) is 9.80 Å². The molecule has 0 aromatic heterocycles. The van der Waals surface area contributed by atoms with Crippen LogP contribution in [0.4, 0.5) is 22.4 Å². The Hall–Kier alpha value is -2.83. The van der Waals surface area contributed by atoms with Crippen molar-refractivity contribution in [2.24, 2.45) is 0 Å². The predicted octanol–water partition coefficient (Wildman–Crippen LogP) is 5.43. The first-order valence-corrected chi connectivity index (χ1v) is 11.8. The van der Waals surface area contributed by atoms with E-state index in [1.165, 1.54) is 21.9 Å². The summed E-state index contributed by atoms with van der Waals surface area (Å²) < 4.78 is 57.9. The van der Waals surface area contributed by atoms with Crippen molar-refractivity contribution in [2.75, 3.05) is 13.1 Å². The Bertz CT molecular complexity index is 945. The summed E-state index contributed by atoms with van der Waals surface area (Å²) >= 11 is 0. The molecular formula is C25H31F4N3O3. The van der Waals surface area contributed by atoms with Crippen LogP contribution in [0.5, 0.6) is 0 Å². The third-order valence-corrected chi connectivity index (χ3v) is 6.50. The summed E-state index contributed by atoms with van der Waals surface area (Å²) in [6.45, 7) is 4.64. The van der Waals surface area contributed by atoms with Crippen LogP contribution in [-0.2, 0) is 15.7 Å². The van der Waals surface area contributed by atoms with E-state index in [9.17, 15) is 32.4 Å². The number of alkyl halides is 4. The topological polar surface area (TPSA) is 73.6 Å². The van der Waals surface area contributed by atoms with E-state index in [1.54, 1.807) is 20.8 Å². The number of hydrogen-bond donors (Lipinski definition) is 0. The molecule has 3 rings (SSSR count). The summed E-state index contributed by atoms with van der Waals surface area (Å²) in [5.41, 5.74) is -0.681. The second-order valence-corrected chi connectivity index (χ2v) is 10.3. The Balaban J connectivity index is 1.70. The number of halogens is 4. The van der Waals surface area contributed by atoms with E-state index in [0.717, 1.165) is 17.7 Å². The molecule has 1 saturated carbocycles. The van der Waals surface area contributed by atoms with Gasteiger partial charge in [0.1, 0.15) is 24.4 Å². The van der Waals surface area contributed by atoms with Gasteiger partial charge in [-0.05, 0) is 70.1 Å². The van der Waals surface area contributed by atoms with Crippen LogP contribution in [0.15, 0.2) is 24.3 Å². The fourth-order valence-corrected chi connectivity index (χ4v) is 4.75. The van der Waals surface area contributed by atoms with E-state index in [4.69, 9.17) is 4.74 Å². The maximum Gasteiger partial charge on any atom is 0.416 e. The lowest BCUT2D eigenvalue weighted by atomic mass is 9.81. The van der Waals surface area contributed by atoms with Gasteiger partial charge in [-0.2, -0.15) is 18.4 Å². The van der Waals surface area contributed by atoms with Gasteiger partial charge in [-0.3, -0.25) is 9.69 Å². The van der Waals surface area contributed by atoms with E-state index in [-0.39, 0.29) is 31.5 Å². The molecule has 6 nitrogen and oxygen atoms in total. The van der Waals surface area contributed by atoms with Gasteiger partial charge < -0.3 is 9.64 Å². The van der Waals surface area contributed by atoms with Gasteiger partial charge in [0.05, 0.1) is 18.2 Å². The van der Waals surface area contributed by atoms with E-state index < -0.39 is 41.6 Å². The highest BCUT2D eigenvalue weighted by molar-refractivity contribution is 5.83. The average molecular weight is 498 g/mol. The molecular weight excluding hydrogens is 466 g/mol. The summed E-state index contributed by atoms with van der Waals surface area (Å²) in [6.07, 6.45) is -4.06. The molecule has 2 aliphatic rings. The van der Waals surface area contributed by atoms with Crippen LogP contribution in [-0.4, -0.2) is 58.7 Å². The first kappa shape index (κ1) is 26.8. The number of ether oxygens (including phenoxy) is 1. The van der Waals surface area contributed by atoms with E-state index in [1.807, 2.05) is 6.07 Å². The standard InChI is InChI=1S/C25H31F4N3O3/c1-24(2,3)35-23(34)32(15-22(33)31-14-19(26)12-21(31)13-30)20-10-6-17(7-11-20)16-4-8-18(9-5-16)25(27,28)29/h4-5,8-9,17,19-21H,6-7,10-12,14-15H2,1-3H3. The third-order valence-electron chi connectivity index (χ3n) is 6.50. The first-order valence-electron chi connectivity index (χ1n) is 11.8. The number of amides is 2. The van der Waals surface area contributed by atoms with Gasteiger partial charge >= 0.3 is 12.3 Å². The molecule has 1 heterocycles. The highest BCUT2D eigenvalue weighted by Gasteiger charge is 2.39. The van der Waals surface area contributed by atoms with Crippen molar-refractivity contribution in [3.63, 3.8) is 0 Å². The number of carbonyl (C=O) groups excluding carboxylic acids is 2. The Labute approximate surface area is 202 Å². The van der Waals surface area contributed by atoms with Crippen LogP contribution in [0.2, 0.25) is 0 Å². The molecule has 1 aliphatic heterocycles. The van der Waals surface area contributed by atoms with Crippen molar-refractivity contribution >= 4 is 12.0 Å². The minimum absolute atomic E-state index is 0.0403. The van der Waals surface area contributed by atoms with Crippen LogP contribution >= 0.6 is 0 Å². The van der Waals surface area contributed by atoms with Crippen molar-refractivity contribution in [3.8, 4) is 6.07 Å². The molecule has 2 atom stereocenters. The Morgan fingerprint density at radius 3 is 2.23 bits per heavy atom. The maximum absolute atomic E-state index is 13.8. The van der Waals surface area contributed by atoms with Crippen LogP contribution < -0.4 is 0 Å². The lowest BCUT2D eigenvalue weighted by Gasteiger charge is -2.38. The molecule has 0 bridgehead atoms. The minimum atomic E-state index is -4.39. The summed E-state index contributed by atoms with van der Waals surface area (Å²) in [4.78, 5) is 28.5. The van der Waals surface area contributed by atoms with Gasteiger partial charge in [-0.25, -0.2) is 9.18 Å². The molecule has 0 radical (unpaired) electrons. The third kappa shape index (κ3) is 6.86. The molecule has 10 heteroatoms. The van der Waals surface area contributed by atoms with Crippen molar-refractivity contribution in [1.29, 1.82) is 5.26 Å². The monoisotopic (exact) mass is 497 g/mol. The molecule has 1 aliphatic carbocycles. The van der Waals surface area contributed by atoms with E-state index in [0.29, 0.717) is 25.7 Å². The molecule has 192 valence electrons. The van der Waals surface area contributed by atoms with Crippen molar-refractivity contribution < 1.29 is 31.9 Å². The van der Waals surface area contributed by atoms with Gasteiger partial charge in [0, 0.05) is 12.5 Å². The number of carbonyl (C=O) groups is 2. The summed E-state index contributed by atoms with van der Waals surface area (Å²) in [5, 5.41) is 9.27. The molecule has 2 amide bonds. The number of nitrogens with zero attached hydrogens (tertiary/aromatic N) is 3. The van der Waals surface area contributed by atoms with E-state index in [2.05, 4.69) is 0 Å². The van der Waals surface area contributed by atoms with E-state index >= 15 is 0 Å². The molecule has 0 N–H and O–H groups in total.